The van der Waals surface area contributed by atoms with E-state index < -0.39 is 0 Å². The SMILES string of the molecule is Br.Br.Cc1ncc(C[n+]2cccc(CCO)c2C)c(N)n1.[Br-]. The number of aromatic nitrogens is 3. The summed E-state index contributed by atoms with van der Waals surface area (Å²) in [5, 5.41) is 9.05. The van der Waals surface area contributed by atoms with E-state index in [1.807, 2.05) is 32.2 Å². The molecule has 2 aromatic heterocycles. The number of nitrogens with two attached hydrogens (primary N) is 1. The Morgan fingerprint density at radius 3 is 2.50 bits per heavy atom. The second-order valence-corrected chi connectivity index (χ2v) is 4.55. The Kier molecular flexibility index (Phi) is 11.9. The van der Waals surface area contributed by atoms with Crippen LogP contribution in [-0.2, 0) is 13.0 Å². The molecule has 0 radical (unpaired) electrons. The van der Waals surface area contributed by atoms with Crippen LogP contribution in [-0.4, -0.2) is 21.7 Å². The van der Waals surface area contributed by atoms with E-state index in [2.05, 4.69) is 14.5 Å². The van der Waals surface area contributed by atoms with E-state index in [0.717, 1.165) is 16.8 Å². The molecule has 0 aromatic carbocycles. The average molecular weight is 501 g/mol. The molecular weight excluding hydrogens is 480 g/mol. The maximum atomic E-state index is 9.05. The lowest BCUT2D eigenvalue weighted by Crippen LogP contribution is -3.00. The Bertz CT molecular complexity index is 596. The fraction of sp³-hybridized carbons (Fsp3) is 0.357. The lowest BCUT2D eigenvalue weighted by Gasteiger charge is -2.06. The summed E-state index contributed by atoms with van der Waals surface area (Å²) in [6, 6.07) is 4.00. The number of aryl methyl sites for hydroxylation is 1. The highest BCUT2D eigenvalue weighted by Crippen LogP contribution is 2.08. The number of aliphatic hydroxyl groups is 1. The molecule has 0 bridgehead atoms. The minimum absolute atomic E-state index is 0. The number of nitrogens with zero attached hydrogens (tertiary/aromatic N) is 3. The van der Waals surface area contributed by atoms with Crippen LogP contribution in [0, 0.1) is 13.8 Å². The smallest absolute Gasteiger partial charge is 0.181 e. The molecule has 0 amide bonds. The van der Waals surface area contributed by atoms with Gasteiger partial charge in [0.1, 0.15) is 11.6 Å². The first-order valence-corrected chi connectivity index (χ1v) is 6.28. The summed E-state index contributed by atoms with van der Waals surface area (Å²) in [6.45, 7) is 4.65. The molecule has 0 aliphatic heterocycles. The zero-order valence-electron chi connectivity index (χ0n) is 12.5. The molecule has 0 fully saturated rings. The largest absolute Gasteiger partial charge is 1.00 e. The van der Waals surface area contributed by atoms with Crippen molar-refractivity contribution in [2.75, 3.05) is 12.3 Å². The van der Waals surface area contributed by atoms with Gasteiger partial charge in [0.15, 0.2) is 18.4 Å². The van der Waals surface area contributed by atoms with E-state index in [-0.39, 0.29) is 57.6 Å². The Morgan fingerprint density at radius 2 is 1.91 bits per heavy atom. The molecule has 0 saturated heterocycles. The van der Waals surface area contributed by atoms with Crippen LogP contribution in [0.2, 0.25) is 0 Å². The predicted molar refractivity (Wildman–Crippen MR) is 93.1 cm³/mol. The zero-order valence-corrected chi connectivity index (χ0v) is 17.5. The predicted octanol–water partition coefficient (Wildman–Crippen LogP) is -1.29. The van der Waals surface area contributed by atoms with Crippen molar-refractivity contribution < 1.29 is 26.7 Å². The summed E-state index contributed by atoms with van der Waals surface area (Å²) in [5.41, 5.74) is 9.07. The Balaban J connectivity index is 0. The van der Waals surface area contributed by atoms with Crippen molar-refractivity contribution in [1.29, 1.82) is 0 Å². The van der Waals surface area contributed by atoms with Crippen molar-refractivity contribution in [3.8, 4) is 0 Å². The number of anilines is 1. The Hall–Kier alpha value is -0.570. The van der Waals surface area contributed by atoms with Crippen LogP contribution in [0.5, 0.6) is 0 Å². The molecular formula is C14H21Br3N4O. The number of nitrogen functional groups attached to an aromatic ring is 1. The van der Waals surface area contributed by atoms with Crippen LogP contribution in [0.25, 0.3) is 0 Å². The molecule has 2 heterocycles. The number of aliphatic hydroxyl groups excluding tert-OH is 1. The van der Waals surface area contributed by atoms with Gasteiger partial charge >= 0.3 is 0 Å². The summed E-state index contributed by atoms with van der Waals surface area (Å²) in [6.07, 6.45) is 4.42. The summed E-state index contributed by atoms with van der Waals surface area (Å²) in [7, 11) is 0. The van der Waals surface area contributed by atoms with Crippen LogP contribution < -0.4 is 27.3 Å². The average Bonchev–Trinajstić information content (AvgIpc) is 2.37. The van der Waals surface area contributed by atoms with Gasteiger partial charge in [-0.3, -0.25) is 0 Å². The maximum absolute atomic E-state index is 9.05. The summed E-state index contributed by atoms with van der Waals surface area (Å²) < 4.78 is 2.09. The number of hydrogen-bond donors (Lipinski definition) is 2. The molecule has 0 aliphatic rings. The molecule has 0 unspecified atom stereocenters. The molecule has 22 heavy (non-hydrogen) atoms. The van der Waals surface area contributed by atoms with Crippen LogP contribution in [0.4, 0.5) is 5.82 Å². The van der Waals surface area contributed by atoms with E-state index in [4.69, 9.17) is 10.8 Å². The zero-order chi connectivity index (χ0) is 13.8. The highest BCUT2D eigenvalue weighted by molar-refractivity contribution is 8.93. The van der Waals surface area contributed by atoms with Crippen molar-refractivity contribution in [3.63, 3.8) is 0 Å². The van der Waals surface area contributed by atoms with Gasteiger partial charge in [-0.25, -0.2) is 9.97 Å². The van der Waals surface area contributed by atoms with Crippen LogP contribution >= 0.6 is 34.0 Å². The number of pyridine rings is 1. The van der Waals surface area contributed by atoms with Crippen LogP contribution in [0.3, 0.4) is 0 Å². The van der Waals surface area contributed by atoms with Crippen molar-refractivity contribution in [2.45, 2.75) is 26.8 Å². The second kappa shape index (κ2) is 11.0. The van der Waals surface area contributed by atoms with Gasteiger partial charge in [-0.1, -0.05) is 0 Å². The van der Waals surface area contributed by atoms with Gasteiger partial charge in [0.25, 0.3) is 0 Å². The van der Waals surface area contributed by atoms with E-state index in [9.17, 15) is 0 Å². The lowest BCUT2D eigenvalue weighted by atomic mass is 10.1. The fourth-order valence-corrected chi connectivity index (χ4v) is 2.05. The van der Waals surface area contributed by atoms with Gasteiger partial charge in [0.2, 0.25) is 0 Å². The quantitative estimate of drug-likeness (QED) is 0.512. The monoisotopic (exact) mass is 498 g/mol. The van der Waals surface area contributed by atoms with E-state index in [0.29, 0.717) is 24.6 Å². The molecule has 3 N–H and O–H groups in total. The molecule has 124 valence electrons. The number of rotatable bonds is 4. The van der Waals surface area contributed by atoms with Gasteiger partial charge in [-0.05, 0) is 13.0 Å². The summed E-state index contributed by atoms with van der Waals surface area (Å²) >= 11 is 0. The van der Waals surface area contributed by atoms with Gasteiger partial charge in [0.05, 0.1) is 5.56 Å². The van der Waals surface area contributed by atoms with Gasteiger partial charge < -0.3 is 27.8 Å². The normalized spacial score (nSPS) is 9.23. The highest BCUT2D eigenvalue weighted by Gasteiger charge is 2.14. The minimum Gasteiger partial charge on any atom is -1.00 e. The second-order valence-electron chi connectivity index (χ2n) is 4.55. The molecule has 0 spiro atoms. The van der Waals surface area contributed by atoms with E-state index >= 15 is 0 Å². The first kappa shape index (κ1) is 23.7. The molecule has 5 nitrogen and oxygen atoms in total. The van der Waals surface area contributed by atoms with Crippen molar-refractivity contribution >= 4 is 39.8 Å². The van der Waals surface area contributed by atoms with Gasteiger partial charge in [-0.15, -0.1) is 34.0 Å². The van der Waals surface area contributed by atoms with E-state index in [1.165, 1.54) is 0 Å². The highest BCUT2D eigenvalue weighted by atomic mass is 79.9. The molecule has 8 heteroatoms. The van der Waals surface area contributed by atoms with Crippen molar-refractivity contribution in [3.05, 3.63) is 47.2 Å². The van der Waals surface area contributed by atoms with Gasteiger partial charge in [-0.2, -0.15) is 4.57 Å². The molecule has 0 atom stereocenters. The summed E-state index contributed by atoms with van der Waals surface area (Å²) in [5.74, 6) is 1.20. The molecule has 2 aromatic rings. The maximum Gasteiger partial charge on any atom is 0.181 e. The molecule has 0 saturated carbocycles. The summed E-state index contributed by atoms with van der Waals surface area (Å²) in [4.78, 5) is 8.35. The van der Waals surface area contributed by atoms with E-state index in [1.54, 1.807) is 6.20 Å². The third-order valence-electron chi connectivity index (χ3n) is 3.20. The van der Waals surface area contributed by atoms with Gasteiger partial charge in [0, 0.05) is 37.8 Å². The lowest BCUT2D eigenvalue weighted by molar-refractivity contribution is -0.694. The first-order valence-electron chi connectivity index (χ1n) is 6.28. The molecule has 0 aliphatic carbocycles. The first-order chi connectivity index (χ1) is 9.11. The standard InChI is InChI=1S/C14H19N4O.3BrH/c1-10-12(5-7-19)4-3-6-18(10)9-13-8-16-11(2)17-14(13)15;;;/h3-4,6,8,19H,5,7,9H2,1-2H3,(H2,15,16,17);3*1H/q+1;;;/p-1. The molecule has 2 rings (SSSR count). The topological polar surface area (TPSA) is 75.9 Å². The minimum atomic E-state index is 0. The van der Waals surface area contributed by atoms with Crippen LogP contribution in [0.15, 0.2) is 24.5 Å². The Labute approximate surface area is 162 Å². The third-order valence-corrected chi connectivity index (χ3v) is 3.20. The van der Waals surface area contributed by atoms with Crippen molar-refractivity contribution in [2.24, 2.45) is 0 Å². The van der Waals surface area contributed by atoms with Crippen LogP contribution in [0.1, 0.15) is 22.6 Å². The Morgan fingerprint density at radius 1 is 1.23 bits per heavy atom. The number of hydrogen-bond acceptors (Lipinski definition) is 4. The fourth-order valence-electron chi connectivity index (χ4n) is 2.05. The number of halogens is 3. The van der Waals surface area contributed by atoms with Crippen molar-refractivity contribution in [1.82, 2.24) is 9.97 Å². The third kappa shape index (κ3) is 5.91.